The molecule has 0 aliphatic carbocycles. The minimum atomic E-state index is -0.677. The van der Waals surface area contributed by atoms with E-state index in [1.165, 1.54) is 0 Å². The lowest BCUT2D eigenvalue weighted by atomic mass is 10.3. The summed E-state index contributed by atoms with van der Waals surface area (Å²) >= 11 is 0. The first kappa shape index (κ1) is 15.0. The Kier molecular flexibility index (Phi) is 5.81. The number of hydrogen-bond donors (Lipinski definition) is 2. The fourth-order valence-corrected chi connectivity index (χ4v) is 1.34. The summed E-state index contributed by atoms with van der Waals surface area (Å²) in [6.45, 7) is 1.11. The van der Waals surface area contributed by atoms with Crippen LogP contribution < -0.4 is 15.4 Å². The van der Waals surface area contributed by atoms with Crippen molar-refractivity contribution in [2.75, 3.05) is 39.6 Å². The van der Waals surface area contributed by atoms with Gasteiger partial charge in [0.15, 0.2) is 0 Å². The summed E-state index contributed by atoms with van der Waals surface area (Å²) in [7, 11) is 5.35. The van der Waals surface area contributed by atoms with Gasteiger partial charge in [-0.2, -0.15) is 0 Å². The molecule has 0 bridgehead atoms. The molecule has 0 saturated heterocycles. The van der Waals surface area contributed by atoms with Crippen LogP contribution in [0.25, 0.3) is 0 Å². The number of nitrogens with zero attached hydrogens (tertiary/aromatic N) is 1. The minimum Gasteiger partial charge on any atom is -0.497 e. The highest BCUT2D eigenvalue weighted by molar-refractivity contribution is 6.39. The maximum absolute atomic E-state index is 11.6. The highest BCUT2D eigenvalue weighted by atomic mass is 16.5. The van der Waals surface area contributed by atoms with Gasteiger partial charge < -0.3 is 20.3 Å². The monoisotopic (exact) mass is 265 g/mol. The van der Waals surface area contributed by atoms with Crippen LogP contribution in [0.5, 0.6) is 5.75 Å². The number of amides is 2. The largest absolute Gasteiger partial charge is 0.497 e. The second-order valence-corrected chi connectivity index (χ2v) is 4.24. The van der Waals surface area contributed by atoms with Crippen LogP contribution in [0.3, 0.4) is 0 Å². The molecule has 1 aromatic carbocycles. The average molecular weight is 265 g/mol. The van der Waals surface area contributed by atoms with Crippen LogP contribution in [0.4, 0.5) is 5.69 Å². The zero-order valence-electron chi connectivity index (χ0n) is 11.4. The molecule has 0 spiro atoms. The smallest absolute Gasteiger partial charge is 0.313 e. The molecule has 0 aliphatic heterocycles. The molecule has 19 heavy (non-hydrogen) atoms. The zero-order valence-corrected chi connectivity index (χ0v) is 11.4. The topological polar surface area (TPSA) is 70.7 Å². The number of ether oxygens (including phenoxy) is 1. The fraction of sp³-hybridized carbons (Fsp3) is 0.385. The SMILES string of the molecule is COc1ccc(NC(=O)C(=O)NCCN(C)C)cc1. The van der Waals surface area contributed by atoms with Crippen LogP contribution in [0.15, 0.2) is 24.3 Å². The predicted molar refractivity (Wildman–Crippen MR) is 73.2 cm³/mol. The van der Waals surface area contributed by atoms with E-state index >= 15 is 0 Å². The van der Waals surface area contributed by atoms with E-state index in [4.69, 9.17) is 4.74 Å². The summed E-state index contributed by atoms with van der Waals surface area (Å²) in [6, 6.07) is 6.76. The van der Waals surface area contributed by atoms with Crippen molar-refractivity contribution in [2.45, 2.75) is 0 Å². The van der Waals surface area contributed by atoms with Crippen LogP contribution in [0.1, 0.15) is 0 Å². The Balaban J connectivity index is 2.42. The molecule has 2 N–H and O–H groups in total. The Morgan fingerprint density at radius 2 is 1.79 bits per heavy atom. The number of hydrogen-bond acceptors (Lipinski definition) is 4. The van der Waals surface area contributed by atoms with E-state index in [-0.39, 0.29) is 0 Å². The fourth-order valence-electron chi connectivity index (χ4n) is 1.34. The lowest BCUT2D eigenvalue weighted by Gasteiger charge is -2.10. The standard InChI is InChI=1S/C13H19N3O3/c1-16(2)9-8-14-12(17)13(18)15-10-4-6-11(19-3)7-5-10/h4-7H,8-9H2,1-3H3,(H,14,17)(H,15,18). The van der Waals surface area contributed by atoms with Gasteiger partial charge >= 0.3 is 11.8 Å². The normalized spacial score (nSPS) is 10.1. The average Bonchev–Trinajstić information content (AvgIpc) is 2.39. The van der Waals surface area contributed by atoms with Gasteiger partial charge in [0.1, 0.15) is 5.75 Å². The Morgan fingerprint density at radius 1 is 1.16 bits per heavy atom. The minimum absolute atomic E-state index is 0.432. The van der Waals surface area contributed by atoms with E-state index in [1.54, 1.807) is 31.4 Å². The van der Waals surface area contributed by atoms with Crippen molar-refractivity contribution in [3.8, 4) is 5.75 Å². The summed E-state index contributed by atoms with van der Waals surface area (Å²) in [4.78, 5) is 25.0. The van der Waals surface area contributed by atoms with Crippen molar-refractivity contribution >= 4 is 17.5 Å². The maximum Gasteiger partial charge on any atom is 0.313 e. The molecule has 0 heterocycles. The van der Waals surface area contributed by atoms with Gasteiger partial charge in [0, 0.05) is 18.8 Å². The number of carbonyl (C=O) groups excluding carboxylic acids is 2. The number of anilines is 1. The van der Waals surface area contributed by atoms with Gasteiger partial charge in [-0.3, -0.25) is 9.59 Å². The Morgan fingerprint density at radius 3 is 2.32 bits per heavy atom. The first-order valence-electron chi connectivity index (χ1n) is 5.91. The number of nitrogens with one attached hydrogen (secondary N) is 2. The molecule has 1 rings (SSSR count). The molecule has 6 nitrogen and oxygen atoms in total. The van der Waals surface area contributed by atoms with Crippen molar-refractivity contribution in [2.24, 2.45) is 0 Å². The van der Waals surface area contributed by atoms with Gasteiger partial charge in [-0.15, -0.1) is 0 Å². The molecule has 0 atom stereocenters. The van der Waals surface area contributed by atoms with Crippen LogP contribution in [0.2, 0.25) is 0 Å². The molecular formula is C13H19N3O3. The Labute approximate surface area is 112 Å². The van der Waals surface area contributed by atoms with Gasteiger partial charge in [-0.05, 0) is 38.4 Å². The van der Waals surface area contributed by atoms with Crippen LogP contribution in [-0.2, 0) is 9.59 Å². The zero-order chi connectivity index (χ0) is 14.3. The van der Waals surface area contributed by atoms with Crippen molar-refractivity contribution in [1.29, 1.82) is 0 Å². The van der Waals surface area contributed by atoms with Crippen LogP contribution in [-0.4, -0.2) is 51.0 Å². The van der Waals surface area contributed by atoms with E-state index in [0.717, 1.165) is 0 Å². The molecule has 0 aliphatic rings. The van der Waals surface area contributed by atoms with E-state index in [0.29, 0.717) is 24.5 Å². The summed E-state index contributed by atoms with van der Waals surface area (Å²) < 4.78 is 5.00. The van der Waals surface area contributed by atoms with E-state index in [1.807, 2.05) is 19.0 Å². The van der Waals surface area contributed by atoms with Gasteiger partial charge in [0.2, 0.25) is 0 Å². The van der Waals surface area contributed by atoms with Crippen LogP contribution in [0, 0.1) is 0 Å². The molecule has 0 radical (unpaired) electrons. The molecular weight excluding hydrogens is 246 g/mol. The van der Waals surface area contributed by atoms with Gasteiger partial charge in [0.05, 0.1) is 7.11 Å². The first-order valence-corrected chi connectivity index (χ1v) is 5.91. The quantitative estimate of drug-likeness (QED) is 0.752. The molecule has 2 amide bonds. The summed E-state index contributed by atoms with van der Waals surface area (Å²) in [5.41, 5.74) is 0.550. The lowest BCUT2D eigenvalue weighted by molar-refractivity contribution is -0.136. The van der Waals surface area contributed by atoms with Crippen LogP contribution >= 0.6 is 0 Å². The first-order chi connectivity index (χ1) is 9.02. The molecule has 0 saturated carbocycles. The highest BCUT2D eigenvalue weighted by Gasteiger charge is 2.12. The summed E-state index contributed by atoms with van der Waals surface area (Å²) in [5, 5.41) is 5.05. The number of carbonyl (C=O) groups is 2. The van der Waals surface area contributed by atoms with E-state index < -0.39 is 11.8 Å². The molecule has 0 unspecified atom stereocenters. The van der Waals surface area contributed by atoms with E-state index in [9.17, 15) is 9.59 Å². The van der Waals surface area contributed by atoms with E-state index in [2.05, 4.69) is 10.6 Å². The van der Waals surface area contributed by atoms with Gasteiger partial charge in [-0.25, -0.2) is 0 Å². The summed E-state index contributed by atoms with van der Waals surface area (Å²) in [6.07, 6.45) is 0. The third-order valence-corrected chi connectivity index (χ3v) is 2.40. The molecule has 1 aromatic rings. The predicted octanol–water partition coefficient (Wildman–Crippen LogP) is 0.311. The number of benzene rings is 1. The molecule has 0 fully saturated rings. The second-order valence-electron chi connectivity index (χ2n) is 4.24. The maximum atomic E-state index is 11.6. The van der Waals surface area contributed by atoms with Crippen molar-refractivity contribution in [3.05, 3.63) is 24.3 Å². The third-order valence-electron chi connectivity index (χ3n) is 2.40. The third kappa shape index (κ3) is 5.39. The second kappa shape index (κ2) is 7.38. The lowest BCUT2D eigenvalue weighted by Crippen LogP contribution is -2.38. The van der Waals surface area contributed by atoms with Crippen molar-refractivity contribution in [1.82, 2.24) is 10.2 Å². The van der Waals surface area contributed by atoms with Gasteiger partial charge in [-0.1, -0.05) is 0 Å². The molecule has 104 valence electrons. The highest BCUT2D eigenvalue weighted by Crippen LogP contribution is 2.14. The number of methoxy groups -OCH3 is 1. The Hall–Kier alpha value is -2.08. The van der Waals surface area contributed by atoms with Crippen molar-refractivity contribution in [3.63, 3.8) is 0 Å². The molecule has 0 aromatic heterocycles. The Bertz CT molecular complexity index is 429. The number of likely N-dealkylation sites (N-methyl/N-ethyl adjacent to an activating group) is 1. The summed E-state index contributed by atoms with van der Waals surface area (Å²) in [5.74, 6) is -0.630. The molecule has 6 heteroatoms. The van der Waals surface area contributed by atoms with Gasteiger partial charge in [0.25, 0.3) is 0 Å². The number of rotatable bonds is 5. The van der Waals surface area contributed by atoms with Crippen molar-refractivity contribution < 1.29 is 14.3 Å².